The van der Waals surface area contributed by atoms with Gasteiger partial charge in [0.1, 0.15) is 12.1 Å². The van der Waals surface area contributed by atoms with Gasteiger partial charge in [0.2, 0.25) is 10.2 Å². The van der Waals surface area contributed by atoms with Gasteiger partial charge in [0, 0.05) is 11.6 Å². The lowest BCUT2D eigenvalue weighted by Crippen LogP contribution is -2.36. The number of thiocarbonyl (C=S) groups is 1. The third kappa shape index (κ3) is 2.50. The van der Waals surface area contributed by atoms with Crippen molar-refractivity contribution < 1.29 is 8.76 Å². The van der Waals surface area contributed by atoms with Crippen LogP contribution in [0.1, 0.15) is 5.56 Å². The summed E-state index contributed by atoms with van der Waals surface area (Å²) >= 11 is 11.5. The lowest BCUT2D eigenvalue weighted by atomic mass is 10.1. The summed E-state index contributed by atoms with van der Waals surface area (Å²) in [5, 5.41) is 4.47. The second kappa shape index (κ2) is 4.70. The number of fused-ring (bicyclic) bond motifs is 1. The van der Waals surface area contributed by atoms with Crippen molar-refractivity contribution in [2.75, 3.05) is 11.5 Å². The minimum absolute atomic E-state index is 0.0127. The number of nitrogens with zero attached hydrogens (tertiary/aromatic N) is 1. The predicted molar refractivity (Wildman–Crippen MR) is 80.7 cm³/mol. The van der Waals surface area contributed by atoms with Crippen molar-refractivity contribution in [3.8, 4) is 0 Å². The first kappa shape index (κ1) is 13.3. The van der Waals surface area contributed by atoms with E-state index in [0.29, 0.717) is 16.7 Å². The van der Waals surface area contributed by atoms with Crippen LogP contribution >= 0.6 is 23.8 Å². The maximum Gasteiger partial charge on any atom is 0.218 e. The molecule has 2 saturated heterocycles. The van der Waals surface area contributed by atoms with Gasteiger partial charge in [-0.1, -0.05) is 34.0 Å². The number of nitrogens with one attached hydrogen (secondary N) is 1. The van der Waals surface area contributed by atoms with Gasteiger partial charge in [0.25, 0.3) is 0 Å². The van der Waals surface area contributed by atoms with E-state index in [2.05, 4.69) is 5.32 Å². The number of rotatable bonds is 2. The molecule has 19 heavy (non-hydrogen) atoms. The molecule has 1 aromatic rings. The predicted octanol–water partition coefficient (Wildman–Crippen LogP) is 1.75. The maximum absolute atomic E-state index is 11.8. The fraction of sp³-hybridized carbons (Fsp3) is 0.417. The van der Waals surface area contributed by atoms with E-state index in [1.807, 2.05) is 29.2 Å². The van der Waals surface area contributed by atoms with Crippen LogP contribution in [0.5, 0.6) is 0 Å². The van der Waals surface area contributed by atoms with E-state index >= 15 is 0 Å². The molecule has 0 saturated carbocycles. The maximum atomic E-state index is 11.8. The second-order valence-electron chi connectivity index (χ2n) is 4.95. The molecule has 0 spiro atoms. The molecule has 2 heterocycles. The van der Waals surface area contributed by atoms with Crippen LogP contribution in [0, 0.1) is 0 Å². The molecule has 2 aliphatic rings. The smallest absolute Gasteiger partial charge is 0.218 e. The van der Waals surface area contributed by atoms with Crippen molar-refractivity contribution >= 4 is 39.1 Å². The monoisotopic (exact) mass is 317 g/mol. The van der Waals surface area contributed by atoms with Crippen LogP contribution in [0.2, 0.25) is 5.02 Å². The molecule has 102 valence electrons. The van der Waals surface area contributed by atoms with Gasteiger partial charge in [-0.25, -0.2) is 0 Å². The summed E-state index contributed by atoms with van der Waals surface area (Å²) in [5.74, 6) is 0.548. The molecule has 0 aliphatic carbocycles. The second-order valence-corrected chi connectivity index (χ2v) is 7.95. The van der Waals surface area contributed by atoms with Crippen LogP contribution < -0.4 is 5.32 Å². The Labute approximate surface area is 123 Å². The summed E-state index contributed by atoms with van der Waals surface area (Å²) in [6, 6.07) is 7.56. The van der Waals surface area contributed by atoms with Gasteiger partial charge in [-0.05, 0) is 23.8 Å². The number of benzene rings is 1. The third-order valence-electron chi connectivity index (χ3n) is 3.60. The van der Waals surface area contributed by atoms with Gasteiger partial charge >= 0.3 is 0 Å². The zero-order chi connectivity index (χ0) is 13.6. The normalized spacial score (nSPS) is 33.4. The Morgan fingerprint density at radius 3 is 2.95 bits per heavy atom. The minimum Gasteiger partial charge on any atom is -0.353 e. The third-order valence-corrected chi connectivity index (χ3v) is 6.07. The van der Waals surface area contributed by atoms with E-state index in [4.69, 9.17) is 23.8 Å². The highest BCUT2D eigenvalue weighted by molar-refractivity contribution is 7.98. The van der Waals surface area contributed by atoms with Gasteiger partial charge in [-0.2, -0.15) is 4.55 Å². The summed E-state index contributed by atoms with van der Waals surface area (Å²) in [4.78, 5) is 1.98. The van der Waals surface area contributed by atoms with E-state index in [1.54, 1.807) is 0 Å². The van der Waals surface area contributed by atoms with Crippen molar-refractivity contribution in [2.45, 2.75) is 18.6 Å². The average molecular weight is 318 g/mol. The molecule has 1 unspecified atom stereocenters. The zero-order valence-electron chi connectivity index (χ0n) is 10.1. The summed E-state index contributed by atoms with van der Waals surface area (Å²) in [7, 11) is -2.71. The molecular weight excluding hydrogens is 304 g/mol. The lowest BCUT2D eigenvalue weighted by Gasteiger charge is -2.22. The van der Waals surface area contributed by atoms with Crippen molar-refractivity contribution in [3.05, 3.63) is 34.9 Å². The Hall–Kier alpha value is -0.690. The number of halogens is 1. The molecule has 0 radical (unpaired) electrons. The van der Waals surface area contributed by atoms with Crippen LogP contribution in [0.4, 0.5) is 0 Å². The number of hydrogen-bond donors (Lipinski definition) is 2. The van der Waals surface area contributed by atoms with Crippen molar-refractivity contribution in [2.24, 2.45) is 0 Å². The van der Waals surface area contributed by atoms with Crippen LogP contribution in [-0.2, 0) is 21.0 Å². The molecule has 4 nitrogen and oxygen atoms in total. The lowest BCUT2D eigenvalue weighted by molar-refractivity contribution is 0.348. The molecule has 3 rings (SSSR count). The highest BCUT2D eigenvalue weighted by Crippen LogP contribution is 2.29. The van der Waals surface area contributed by atoms with E-state index in [1.165, 1.54) is 0 Å². The van der Waals surface area contributed by atoms with Gasteiger partial charge in [-0.15, -0.1) is 0 Å². The van der Waals surface area contributed by atoms with E-state index in [-0.39, 0.29) is 23.6 Å². The van der Waals surface area contributed by atoms with E-state index in [0.717, 1.165) is 5.56 Å². The molecular formula is C12H14ClN2O2S2+. The summed E-state index contributed by atoms with van der Waals surface area (Å²) in [6.45, 7) is 0.572. The summed E-state index contributed by atoms with van der Waals surface area (Å²) in [6.07, 6.45) is 0. The zero-order valence-corrected chi connectivity index (χ0v) is 12.5. The largest absolute Gasteiger partial charge is 0.353 e. The van der Waals surface area contributed by atoms with Crippen LogP contribution in [0.15, 0.2) is 24.3 Å². The van der Waals surface area contributed by atoms with E-state index in [9.17, 15) is 8.76 Å². The summed E-state index contributed by atoms with van der Waals surface area (Å²) < 4.78 is 21.5. The molecule has 2 N–H and O–H groups in total. The fourth-order valence-corrected chi connectivity index (χ4v) is 5.17. The molecule has 0 aromatic heterocycles. The standard InChI is InChI=1S/C12H13ClN2O2S2/c13-9-4-2-1-3-8(9)5-15-11-7-19(16,17)6-10(11)14-12(15)18/h1-4,10-11H,5-7H2,(H-,14,16,17,18)/p+1/t10-,11+/m1/s1. The first-order chi connectivity index (χ1) is 8.96. The molecule has 2 fully saturated rings. The van der Waals surface area contributed by atoms with Crippen molar-refractivity contribution in [3.63, 3.8) is 0 Å². The first-order valence-corrected chi connectivity index (χ1v) is 8.63. The first-order valence-electron chi connectivity index (χ1n) is 5.99. The fourth-order valence-electron chi connectivity index (χ4n) is 2.68. The molecule has 0 amide bonds. The Kier molecular flexibility index (Phi) is 3.29. The van der Waals surface area contributed by atoms with Crippen LogP contribution in [0.25, 0.3) is 0 Å². The van der Waals surface area contributed by atoms with Gasteiger partial charge in [-0.3, -0.25) is 0 Å². The molecule has 7 heteroatoms. The topological polar surface area (TPSA) is 52.6 Å². The Morgan fingerprint density at radius 1 is 1.47 bits per heavy atom. The summed E-state index contributed by atoms with van der Waals surface area (Å²) in [5.41, 5.74) is 0.977. The Balaban J connectivity index is 1.83. The van der Waals surface area contributed by atoms with E-state index < -0.39 is 10.2 Å². The van der Waals surface area contributed by atoms with Gasteiger partial charge in [0.15, 0.2) is 16.6 Å². The average Bonchev–Trinajstić information content (AvgIpc) is 2.75. The molecule has 3 atom stereocenters. The molecule has 1 aromatic carbocycles. The minimum atomic E-state index is -2.71. The van der Waals surface area contributed by atoms with Gasteiger partial charge in [0.05, 0.1) is 0 Å². The van der Waals surface area contributed by atoms with Crippen molar-refractivity contribution in [1.82, 2.24) is 10.2 Å². The van der Waals surface area contributed by atoms with Crippen LogP contribution in [-0.4, -0.2) is 38.2 Å². The van der Waals surface area contributed by atoms with Gasteiger partial charge < -0.3 is 10.2 Å². The van der Waals surface area contributed by atoms with Crippen LogP contribution in [0.3, 0.4) is 0 Å². The quantitative estimate of drug-likeness (QED) is 0.643. The SMILES string of the molecule is O=[S+]1(O)C[C@H]2NC(=S)N(Cc3ccccc3Cl)[C@H]2C1. The highest BCUT2D eigenvalue weighted by Gasteiger charge is 2.53. The Bertz CT molecular complexity index is 581. The Morgan fingerprint density at radius 2 is 2.21 bits per heavy atom. The molecule has 0 bridgehead atoms. The molecule has 2 aliphatic heterocycles. The highest BCUT2D eigenvalue weighted by atomic mass is 35.5. The number of hydrogen-bond acceptors (Lipinski definition) is 2. The van der Waals surface area contributed by atoms with Crippen molar-refractivity contribution in [1.29, 1.82) is 0 Å².